The molecule has 1 saturated heterocycles. The molecule has 0 amide bonds. The van der Waals surface area contributed by atoms with E-state index >= 15 is 0 Å². The minimum atomic E-state index is 0.00422. The molecule has 0 aromatic rings. The first-order valence-corrected chi connectivity index (χ1v) is 6.09. The fourth-order valence-electron chi connectivity index (χ4n) is 1.84. The number of nitrogens with zero attached hydrogens (tertiary/aromatic N) is 1. The van der Waals surface area contributed by atoms with Crippen LogP contribution in [0, 0.1) is 0 Å². The number of hydrogen-bond acceptors (Lipinski definition) is 3. The first-order chi connectivity index (χ1) is 6.97. The summed E-state index contributed by atoms with van der Waals surface area (Å²) >= 11 is 0. The summed E-state index contributed by atoms with van der Waals surface area (Å²) in [6.07, 6.45) is 3.44. The van der Waals surface area contributed by atoms with Crippen molar-refractivity contribution >= 4 is 0 Å². The molecule has 1 aliphatic rings. The second kappa shape index (κ2) is 5.83. The molecule has 0 atom stereocenters. The van der Waals surface area contributed by atoms with E-state index in [4.69, 9.17) is 10.5 Å². The van der Waals surface area contributed by atoms with Gasteiger partial charge in [-0.25, -0.2) is 0 Å². The zero-order valence-electron chi connectivity index (χ0n) is 10.5. The third kappa shape index (κ3) is 6.13. The van der Waals surface area contributed by atoms with E-state index in [2.05, 4.69) is 25.7 Å². The van der Waals surface area contributed by atoms with Crippen molar-refractivity contribution in [1.82, 2.24) is 4.90 Å². The van der Waals surface area contributed by atoms with Gasteiger partial charge in [-0.15, -0.1) is 0 Å². The molecule has 1 fully saturated rings. The van der Waals surface area contributed by atoms with Gasteiger partial charge in [-0.3, -0.25) is 0 Å². The van der Waals surface area contributed by atoms with Gasteiger partial charge in [0.25, 0.3) is 0 Å². The van der Waals surface area contributed by atoms with Crippen molar-refractivity contribution in [2.75, 3.05) is 26.2 Å². The first-order valence-electron chi connectivity index (χ1n) is 6.09. The summed E-state index contributed by atoms with van der Waals surface area (Å²) in [5, 5.41) is 0. The molecule has 0 spiro atoms. The Labute approximate surface area is 94.0 Å². The standard InChI is InChI=1S/C12H26N2O/c1-12(2,3)15-10-4-7-14-8-5-11(13)6-9-14/h11H,4-10,13H2,1-3H3. The molecular weight excluding hydrogens is 188 g/mol. The predicted octanol–water partition coefficient (Wildman–Crippen LogP) is 1.61. The van der Waals surface area contributed by atoms with Crippen LogP contribution in [0.2, 0.25) is 0 Å². The highest BCUT2D eigenvalue weighted by Gasteiger charge is 2.15. The fraction of sp³-hybridized carbons (Fsp3) is 1.00. The topological polar surface area (TPSA) is 38.5 Å². The van der Waals surface area contributed by atoms with Gasteiger partial charge >= 0.3 is 0 Å². The van der Waals surface area contributed by atoms with Crippen molar-refractivity contribution in [3.05, 3.63) is 0 Å². The largest absolute Gasteiger partial charge is 0.376 e. The molecule has 1 rings (SSSR count). The zero-order valence-corrected chi connectivity index (χ0v) is 10.5. The Morgan fingerprint density at radius 1 is 1.27 bits per heavy atom. The summed E-state index contributed by atoms with van der Waals surface area (Å²) in [5.74, 6) is 0. The van der Waals surface area contributed by atoms with Crippen LogP contribution in [0.4, 0.5) is 0 Å². The summed E-state index contributed by atoms with van der Waals surface area (Å²) in [4.78, 5) is 2.50. The molecule has 15 heavy (non-hydrogen) atoms. The van der Waals surface area contributed by atoms with Crippen LogP contribution >= 0.6 is 0 Å². The van der Waals surface area contributed by atoms with Crippen molar-refractivity contribution < 1.29 is 4.74 Å². The Balaban J connectivity index is 2.01. The van der Waals surface area contributed by atoms with Crippen LogP contribution in [0.25, 0.3) is 0 Å². The van der Waals surface area contributed by atoms with Crippen LogP contribution < -0.4 is 5.73 Å². The third-order valence-electron chi connectivity index (χ3n) is 2.79. The van der Waals surface area contributed by atoms with Crippen LogP contribution in [0.15, 0.2) is 0 Å². The molecule has 1 aliphatic heterocycles. The molecule has 3 heteroatoms. The highest BCUT2D eigenvalue weighted by molar-refractivity contribution is 4.73. The second-order valence-corrected chi connectivity index (χ2v) is 5.49. The third-order valence-corrected chi connectivity index (χ3v) is 2.79. The normalized spacial score (nSPS) is 20.8. The lowest BCUT2D eigenvalue weighted by molar-refractivity contribution is -0.00748. The fourth-order valence-corrected chi connectivity index (χ4v) is 1.84. The van der Waals surface area contributed by atoms with Crippen molar-refractivity contribution in [2.24, 2.45) is 5.73 Å². The van der Waals surface area contributed by atoms with Gasteiger partial charge in [0.15, 0.2) is 0 Å². The lowest BCUT2D eigenvalue weighted by Crippen LogP contribution is -2.40. The molecule has 0 aromatic carbocycles. The van der Waals surface area contributed by atoms with Crippen molar-refractivity contribution in [3.63, 3.8) is 0 Å². The van der Waals surface area contributed by atoms with E-state index in [1.165, 1.54) is 0 Å². The molecule has 0 unspecified atom stereocenters. The highest BCUT2D eigenvalue weighted by atomic mass is 16.5. The maximum atomic E-state index is 5.86. The molecule has 2 N–H and O–H groups in total. The van der Waals surface area contributed by atoms with E-state index in [1.807, 2.05) is 0 Å². The lowest BCUT2D eigenvalue weighted by Gasteiger charge is -2.30. The SMILES string of the molecule is CC(C)(C)OCCCN1CCC(N)CC1. The van der Waals surface area contributed by atoms with E-state index in [0.29, 0.717) is 6.04 Å². The van der Waals surface area contributed by atoms with Crippen molar-refractivity contribution in [3.8, 4) is 0 Å². The average Bonchev–Trinajstić information content (AvgIpc) is 2.14. The van der Waals surface area contributed by atoms with Gasteiger partial charge in [-0.2, -0.15) is 0 Å². The number of piperidine rings is 1. The van der Waals surface area contributed by atoms with Gasteiger partial charge in [0.05, 0.1) is 5.60 Å². The Morgan fingerprint density at radius 2 is 1.87 bits per heavy atom. The van der Waals surface area contributed by atoms with Crippen LogP contribution in [-0.4, -0.2) is 42.8 Å². The summed E-state index contributed by atoms with van der Waals surface area (Å²) in [6, 6.07) is 0.437. The molecule has 90 valence electrons. The molecule has 0 bridgehead atoms. The summed E-state index contributed by atoms with van der Waals surface area (Å²) in [5.41, 5.74) is 5.86. The second-order valence-electron chi connectivity index (χ2n) is 5.49. The lowest BCUT2D eigenvalue weighted by atomic mass is 10.1. The number of nitrogens with two attached hydrogens (primary N) is 1. The van der Waals surface area contributed by atoms with Gasteiger partial charge < -0.3 is 15.4 Å². The van der Waals surface area contributed by atoms with Gasteiger partial charge in [0.2, 0.25) is 0 Å². The minimum absolute atomic E-state index is 0.00422. The monoisotopic (exact) mass is 214 g/mol. The molecule has 3 nitrogen and oxygen atoms in total. The molecule has 0 aliphatic carbocycles. The number of rotatable bonds is 4. The van der Waals surface area contributed by atoms with E-state index in [-0.39, 0.29) is 5.60 Å². The zero-order chi connectivity index (χ0) is 11.3. The minimum Gasteiger partial charge on any atom is -0.376 e. The van der Waals surface area contributed by atoms with Gasteiger partial charge in [-0.05, 0) is 53.1 Å². The van der Waals surface area contributed by atoms with Crippen molar-refractivity contribution in [2.45, 2.75) is 51.7 Å². The quantitative estimate of drug-likeness (QED) is 0.723. The van der Waals surface area contributed by atoms with E-state index in [9.17, 15) is 0 Å². The van der Waals surface area contributed by atoms with E-state index < -0.39 is 0 Å². The van der Waals surface area contributed by atoms with Gasteiger partial charge in [-0.1, -0.05) is 0 Å². The number of hydrogen-bond donors (Lipinski definition) is 1. The summed E-state index contributed by atoms with van der Waals surface area (Å²) in [6.45, 7) is 10.7. The maximum absolute atomic E-state index is 5.86. The van der Waals surface area contributed by atoms with E-state index in [0.717, 1.165) is 45.5 Å². The van der Waals surface area contributed by atoms with Crippen LogP contribution in [0.5, 0.6) is 0 Å². The number of likely N-dealkylation sites (tertiary alicyclic amines) is 1. The van der Waals surface area contributed by atoms with Crippen LogP contribution in [0.1, 0.15) is 40.0 Å². The van der Waals surface area contributed by atoms with E-state index in [1.54, 1.807) is 0 Å². The Kier molecular flexibility index (Phi) is 5.03. The summed E-state index contributed by atoms with van der Waals surface area (Å²) < 4.78 is 5.69. The predicted molar refractivity (Wildman–Crippen MR) is 64.0 cm³/mol. The van der Waals surface area contributed by atoms with Gasteiger partial charge in [0, 0.05) is 19.2 Å². The smallest absolute Gasteiger partial charge is 0.0598 e. The summed E-state index contributed by atoms with van der Waals surface area (Å²) in [7, 11) is 0. The molecule has 0 aromatic heterocycles. The number of ether oxygens (including phenoxy) is 1. The van der Waals surface area contributed by atoms with Crippen LogP contribution in [0.3, 0.4) is 0 Å². The average molecular weight is 214 g/mol. The Bertz CT molecular complexity index is 169. The molecule has 0 saturated carbocycles. The molecule has 1 heterocycles. The van der Waals surface area contributed by atoms with Crippen LogP contribution in [-0.2, 0) is 4.74 Å². The Hall–Kier alpha value is -0.120. The van der Waals surface area contributed by atoms with Gasteiger partial charge in [0.1, 0.15) is 0 Å². The molecule has 0 radical (unpaired) electrons. The first kappa shape index (κ1) is 12.9. The maximum Gasteiger partial charge on any atom is 0.0598 e. The Morgan fingerprint density at radius 3 is 2.40 bits per heavy atom. The van der Waals surface area contributed by atoms with Crippen molar-refractivity contribution in [1.29, 1.82) is 0 Å². The highest BCUT2D eigenvalue weighted by Crippen LogP contribution is 2.10. The molecular formula is C12H26N2O.